The van der Waals surface area contributed by atoms with Crippen molar-refractivity contribution in [2.24, 2.45) is 11.7 Å². The van der Waals surface area contributed by atoms with Gasteiger partial charge in [0.2, 0.25) is 0 Å². The quantitative estimate of drug-likeness (QED) is 0.771. The van der Waals surface area contributed by atoms with Gasteiger partial charge in [-0.3, -0.25) is 0 Å². The predicted octanol–water partition coefficient (Wildman–Crippen LogP) is 3.05. The molecule has 1 aromatic rings. The summed E-state index contributed by atoms with van der Waals surface area (Å²) in [4.78, 5) is 1.46. The molecule has 1 rings (SSSR count). The summed E-state index contributed by atoms with van der Waals surface area (Å²) < 4.78 is 0. The molecule has 0 aliphatic rings. The van der Waals surface area contributed by atoms with Crippen molar-refractivity contribution in [3.8, 4) is 0 Å². The van der Waals surface area contributed by atoms with E-state index in [1.807, 2.05) is 11.3 Å². The number of rotatable bonds is 5. The molecule has 13 heavy (non-hydrogen) atoms. The molecule has 0 aromatic carbocycles. The minimum Gasteiger partial charge on any atom is -0.327 e. The molecule has 0 aliphatic carbocycles. The first-order chi connectivity index (χ1) is 6.24. The second kappa shape index (κ2) is 5.40. The Morgan fingerprint density at radius 2 is 2.31 bits per heavy atom. The van der Waals surface area contributed by atoms with Crippen LogP contribution < -0.4 is 5.73 Å². The lowest BCUT2D eigenvalue weighted by atomic mass is 9.96. The van der Waals surface area contributed by atoms with Crippen molar-refractivity contribution in [2.45, 2.75) is 39.2 Å². The summed E-state index contributed by atoms with van der Waals surface area (Å²) in [5.74, 6) is 0.653. The van der Waals surface area contributed by atoms with E-state index in [1.54, 1.807) is 0 Å². The molecule has 2 N–H and O–H groups in total. The summed E-state index contributed by atoms with van der Waals surface area (Å²) in [5.41, 5.74) is 6.05. The van der Waals surface area contributed by atoms with Crippen LogP contribution in [0, 0.1) is 5.92 Å². The highest BCUT2D eigenvalue weighted by molar-refractivity contribution is 7.09. The third-order valence-corrected chi connectivity index (χ3v) is 3.62. The molecule has 1 heterocycles. The molecular weight excluding hydrogens is 178 g/mol. The fraction of sp³-hybridized carbons (Fsp3) is 0.636. The van der Waals surface area contributed by atoms with E-state index >= 15 is 0 Å². The van der Waals surface area contributed by atoms with Crippen molar-refractivity contribution in [3.05, 3.63) is 22.4 Å². The zero-order valence-corrected chi connectivity index (χ0v) is 9.31. The molecule has 1 aromatic heterocycles. The number of hydrogen-bond acceptors (Lipinski definition) is 2. The van der Waals surface area contributed by atoms with Gasteiger partial charge in [-0.15, -0.1) is 11.3 Å². The molecule has 2 atom stereocenters. The van der Waals surface area contributed by atoms with Gasteiger partial charge in [0.1, 0.15) is 0 Å². The Labute approximate surface area is 85.0 Å². The standard InChI is InChI=1S/C11H19NS/c1-3-9(2)11(12)7-6-10-5-4-8-13-10/h4-5,8-9,11H,3,6-7,12H2,1-2H3. The van der Waals surface area contributed by atoms with Gasteiger partial charge in [0, 0.05) is 10.9 Å². The van der Waals surface area contributed by atoms with E-state index in [-0.39, 0.29) is 0 Å². The lowest BCUT2D eigenvalue weighted by Crippen LogP contribution is -2.28. The number of aryl methyl sites for hydroxylation is 1. The van der Waals surface area contributed by atoms with E-state index in [9.17, 15) is 0 Å². The monoisotopic (exact) mass is 197 g/mol. The molecular formula is C11H19NS. The normalized spacial score (nSPS) is 15.6. The highest BCUT2D eigenvalue weighted by atomic mass is 32.1. The van der Waals surface area contributed by atoms with Crippen LogP contribution in [0.5, 0.6) is 0 Å². The van der Waals surface area contributed by atoms with E-state index in [0.29, 0.717) is 12.0 Å². The predicted molar refractivity (Wildman–Crippen MR) is 60.1 cm³/mol. The van der Waals surface area contributed by atoms with Crippen LogP contribution in [0.25, 0.3) is 0 Å². The van der Waals surface area contributed by atoms with E-state index in [4.69, 9.17) is 5.73 Å². The minimum atomic E-state index is 0.368. The third kappa shape index (κ3) is 3.49. The molecule has 0 aliphatic heterocycles. The van der Waals surface area contributed by atoms with Gasteiger partial charge in [0.25, 0.3) is 0 Å². The summed E-state index contributed by atoms with van der Waals surface area (Å²) in [6.07, 6.45) is 3.45. The fourth-order valence-electron chi connectivity index (χ4n) is 1.35. The topological polar surface area (TPSA) is 26.0 Å². The van der Waals surface area contributed by atoms with Crippen LogP contribution in [-0.2, 0) is 6.42 Å². The molecule has 74 valence electrons. The Morgan fingerprint density at radius 3 is 2.85 bits per heavy atom. The van der Waals surface area contributed by atoms with Crippen molar-refractivity contribution in [1.82, 2.24) is 0 Å². The van der Waals surface area contributed by atoms with Crippen molar-refractivity contribution < 1.29 is 0 Å². The first kappa shape index (κ1) is 10.7. The molecule has 0 saturated heterocycles. The van der Waals surface area contributed by atoms with Crippen molar-refractivity contribution in [1.29, 1.82) is 0 Å². The summed E-state index contributed by atoms with van der Waals surface area (Å²) in [7, 11) is 0. The van der Waals surface area contributed by atoms with Gasteiger partial charge in [-0.1, -0.05) is 26.3 Å². The SMILES string of the molecule is CCC(C)C(N)CCc1cccs1. The molecule has 0 saturated carbocycles. The second-order valence-corrected chi connectivity index (χ2v) is 4.70. The van der Waals surface area contributed by atoms with E-state index in [0.717, 1.165) is 12.8 Å². The molecule has 0 radical (unpaired) electrons. The molecule has 2 unspecified atom stereocenters. The van der Waals surface area contributed by atoms with Crippen LogP contribution in [0.1, 0.15) is 31.6 Å². The van der Waals surface area contributed by atoms with E-state index in [2.05, 4.69) is 31.4 Å². The van der Waals surface area contributed by atoms with E-state index in [1.165, 1.54) is 11.3 Å². The van der Waals surface area contributed by atoms with Crippen molar-refractivity contribution >= 4 is 11.3 Å². The largest absolute Gasteiger partial charge is 0.327 e. The van der Waals surface area contributed by atoms with Crippen LogP contribution in [0.15, 0.2) is 17.5 Å². The first-order valence-electron chi connectivity index (χ1n) is 5.02. The minimum absolute atomic E-state index is 0.368. The average Bonchev–Trinajstić information content (AvgIpc) is 2.65. The van der Waals surface area contributed by atoms with Crippen LogP contribution in [0.3, 0.4) is 0 Å². The molecule has 2 heteroatoms. The van der Waals surface area contributed by atoms with Gasteiger partial charge in [-0.25, -0.2) is 0 Å². The van der Waals surface area contributed by atoms with Gasteiger partial charge in [0.05, 0.1) is 0 Å². The Bertz CT molecular complexity index is 218. The zero-order chi connectivity index (χ0) is 9.68. The Morgan fingerprint density at radius 1 is 1.54 bits per heavy atom. The van der Waals surface area contributed by atoms with Crippen molar-refractivity contribution in [3.63, 3.8) is 0 Å². The smallest absolute Gasteiger partial charge is 0.00678 e. The third-order valence-electron chi connectivity index (χ3n) is 2.68. The van der Waals surface area contributed by atoms with Crippen LogP contribution in [0.4, 0.5) is 0 Å². The Kier molecular flexibility index (Phi) is 4.46. The van der Waals surface area contributed by atoms with Crippen molar-refractivity contribution in [2.75, 3.05) is 0 Å². The maximum absolute atomic E-state index is 6.05. The summed E-state index contributed by atoms with van der Waals surface area (Å²) in [5, 5.41) is 2.13. The van der Waals surface area contributed by atoms with Crippen LogP contribution in [-0.4, -0.2) is 6.04 Å². The Hall–Kier alpha value is -0.340. The lowest BCUT2D eigenvalue weighted by molar-refractivity contribution is 0.421. The number of thiophene rings is 1. The molecule has 0 spiro atoms. The van der Waals surface area contributed by atoms with Crippen LogP contribution in [0.2, 0.25) is 0 Å². The molecule has 0 amide bonds. The average molecular weight is 197 g/mol. The van der Waals surface area contributed by atoms with E-state index < -0.39 is 0 Å². The maximum Gasteiger partial charge on any atom is 0.00678 e. The molecule has 0 bridgehead atoms. The second-order valence-electron chi connectivity index (χ2n) is 3.67. The van der Waals surface area contributed by atoms with Gasteiger partial charge < -0.3 is 5.73 Å². The Balaban J connectivity index is 2.26. The first-order valence-corrected chi connectivity index (χ1v) is 5.90. The highest BCUT2D eigenvalue weighted by Crippen LogP contribution is 2.15. The van der Waals surface area contributed by atoms with Gasteiger partial charge >= 0.3 is 0 Å². The lowest BCUT2D eigenvalue weighted by Gasteiger charge is -2.17. The number of hydrogen-bond donors (Lipinski definition) is 1. The molecule has 1 nitrogen and oxygen atoms in total. The zero-order valence-electron chi connectivity index (χ0n) is 8.49. The maximum atomic E-state index is 6.05. The summed E-state index contributed by atoms with van der Waals surface area (Å²) in [6, 6.07) is 4.66. The summed E-state index contributed by atoms with van der Waals surface area (Å²) in [6.45, 7) is 4.44. The van der Waals surface area contributed by atoms with Crippen LogP contribution >= 0.6 is 11.3 Å². The summed E-state index contributed by atoms with van der Waals surface area (Å²) >= 11 is 1.83. The fourth-order valence-corrected chi connectivity index (χ4v) is 2.08. The van der Waals surface area contributed by atoms with Gasteiger partial charge in [-0.2, -0.15) is 0 Å². The highest BCUT2D eigenvalue weighted by Gasteiger charge is 2.10. The molecule has 0 fully saturated rings. The van der Waals surface area contributed by atoms with Gasteiger partial charge in [0.15, 0.2) is 0 Å². The number of nitrogens with two attached hydrogens (primary N) is 1. The van der Waals surface area contributed by atoms with Gasteiger partial charge in [-0.05, 0) is 30.2 Å².